The Balaban J connectivity index is 0.00000103. The molecule has 1 heterocycles. The van der Waals surface area contributed by atoms with Crippen molar-refractivity contribution >= 4 is 54.9 Å². The smallest absolute Gasteiger partial charge is 0.744 e. The van der Waals surface area contributed by atoms with Crippen molar-refractivity contribution < 1.29 is 129 Å². The van der Waals surface area contributed by atoms with E-state index >= 15 is 0 Å². The maximum atomic E-state index is 12.5. The van der Waals surface area contributed by atoms with Crippen LogP contribution in [0.4, 0.5) is 28.4 Å². The van der Waals surface area contributed by atoms with Crippen molar-refractivity contribution in [3.8, 4) is 22.9 Å². The summed E-state index contributed by atoms with van der Waals surface area (Å²) in [6.45, 7) is 1.47. The van der Waals surface area contributed by atoms with Gasteiger partial charge in [-0.3, -0.25) is 30.0 Å². The van der Waals surface area contributed by atoms with Crippen LogP contribution in [0.15, 0.2) is 109 Å². The van der Waals surface area contributed by atoms with Crippen molar-refractivity contribution in [1.29, 1.82) is 0 Å². The number of aromatic nitrogens is 2. The van der Waals surface area contributed by atoms with Crippen LogP contribution in [0.1, 0.15) is 12.7 Å². The third kappa shape index (κ3) is 12.1. The first-order chi connectivity index (χ1) is 24.3. The van der Waals surface area contributed by atoms with Crippen LogP contribution < -0.4 is 69.8 Å². The van der Waals surface area contributed by atoms with Crippen LogP contribution in [-0.2, 0) is 37.6 Å². The van der Waals surface area contributed by atoms with E-state index in [0.717, 1.165) is 23.0 Å². The van der Waals surface area contributed by atoms with Crippen LogP contribution in [0.5, 0.6) is 17.2 Å². The summed E-state index contributed by atoms with van der Waals surface area (Å²) in [7, 11) is -10.4. The molecule has 0 saturated carbocycles. The number of nitro benzene ring substituents is 2. The summed E-state index contributed by atoms with van der Waals surface area (Å²) in [5.74, 6) is -2.26. The number of nitro groups is 2. The Morgan fingerprint density at radius 2 is 1.24 bits per heavy atom. The number of aliphatic imine (C=N–C) groups is 1. The predicted octanol–water partition coefficient (Wildman–Crippen LogP) is -2.18. The molecule has 0 bridgehead atoms. The molecule has 0 aliphatic carbocycles. The molecule has 1 aromatic heterocycles. The fourth-order valence-electron chi connectivity index (χ4n) is 4.12. The van der Waals surface area contributed by atoms with E-state index in [2.05, 4.69) is 20.3 Å². The summed E-state index contributed by atoms with van der Waals surface area (Å²) in [5, 5.41) is 62.4. The summed E-state index contributed by atoms with van der Waals surface area (Å²) in [6, 6.07) is 16.8. The molecule has 21 nitrogen and oxygen atoms in total. The number of phenols is 3. The summed E-state index contributed by atoms with van der Waals surface area (Å²) >= 11 is 0. The zero-order valence-corrected chi connectivity index (χ0v) is 35.2. The predicted molar refractivity (Wildman–Crippen MR) is 176 cm³/mol. The standard InChI is InChI=1S/C16H13N5O7S.C13H10N2O7S.Cr.2Na/c1-9-14(16(23)20(19-9)10-5-3-2-4-6-10)18-17-12-7-11(21(24)25)8-13(15(12)22)29(26,27)28;16-11-4-2-1-3-8(11)7-14-10-5-9(15(18)19)6-12(13(10)17)23(20,21)22;;;/h2-8H,1H3,(H3,17,18,19,22,23,26,27,28);1-7,16-17H,(H,20,21,22);;;/q;;;2*+1/p-2. The Morgan fingerprint density at radius 1 is 0.764 bits per heavy atom. The van der Waals surface area contributed by atoms with Gasteiger partial charge in [-0.15, -0.1) is 15.9 Å². The normalized spacial score (nSPS) is 11.1. The van der Waals surface area contributed by atoms with E-state index in [1.165, 1.54) is 19.1 Å². The van der Waals surface area contributed by atoms with Gasteiger partial charge in [0.05, 0.1) is 9.85 Å². The fourth-order valence-corrected chi connectivity index (χ4v) is 5.33. The number of non-ortho nitro benzene ring substituents is 2. The molecule has 0 atom stereocenters. The van der Waals surface area contributed by atoms with Gasteiger partial charge in [-0.05, 0) is 24.3 Å². The van der Waals surface area contributed by atoms with E-state index in [0.29, 0.717) is 17.8 Å². The fraction of sp³-hybridized carbons (Fsp3) is 0.0345. The quantitative estimate of drug-likeness (QED) is 0.0354. The average Bonchev–Trinajstić information content (AvgIpc) is 3.36. The zero-order chi connectivity index (χ0) is 38.5. The minimum atomic E-state index is -5.23. The number of aromatic hydroxyl groups is 3. The van der Waals surface area contributed by atoms with E-state index < -0.39 is 79.7 Å². The van der Waals surface area contributed by atoms with Gasteiger partial charge in [0.2, 0.25) is 0 Å². The van der Waals surface area contributed by atoms with Gasteiger partial charge in [0.25, 0.3) is 16.9 Å². The molecular formula is C29H21CrN7Na2O14S2. The molecule has 0 aliphatic rings. The average molecular weight is 854 g/mol. The van der Waals surface area contributed by atoms with Crippen LogP contribution in [0.2, 0.25) is 0 Å². The number of hydrogen-bond donors (Lipinski definition) is 3. The third-order valence-electron chi connectivity index (χ3n) is 6.57. The number of nitrogens with zero attached hydrogens (tertiary/aromatic N) is 7. The second-order valence-corrected chi connectivity index (χ2v) is 12.7. The Morgan fingerprint density at radius 3 is 1.73 bits per heavy atom. The van der Waals surface area contributed by atoms with Crippen LogP contribution in [0, 0.1) is 27.2 Å². The molecule has 26 heteroatoms. The molecule has 55 heavy (non-hydrogen) atoms. The van der Waals surface area contributed by atoms with E-state index in [9.17, 15) is 66.3 Å². The zero-order valence-electron chi connectivity index (χ0n) is 29.3. The summed E-state index contributed by atoms with van der Waals surface area (Å²) in [5.41, 5.74) is -2.71. The summed E-state index contributed by atoms with van der Waals surface area (Å²) in [4.78, 5) is 33.8. The van der Waals surface area contributed by atoms with Crippen LogP contribution in [-0.4, -0.2) is 62.0 Å². The van der Waals surface area contributed by atoms with Gasteiger partial charge >= 0.3 is 60.5 Å². The Bertz CT molecular complexity index is 2580. The molecule has 0 spiro atoms. The molecule has 0 radical (unpaired) electrons. The molecule has 3 N–H and O–H groups in total. The molecule has 0 saturated heterocycles. The van der Waals surface area contributed by atoms with Gasteiger partial charge in [0, 0.05) is 59.1 Å². The van der Waals surface area contributed by atoms with Gasteiger partial charge < -0.3 is 34.2 Å². The number of rotatable bonds is 9. The van der Waals surface area contributed by atoms with E-state index in [1.807, 2.05) is 0 Å². The molecule has 5 rings (SSSR count). The number of aryl methyl sites for hydroxylation is 1. The topological polar surface area (TPSA) is 335 Å². The SMILES string of the molecule is Cc1[n-]n(-c2ccccc2)c(=O)c1N=Nc1cc([N+](=O)[O-])cc(S(=O)(=O)[O-])c1O.O=[N+]([O-])c1cc(N=Cc2ccccc2O)c(O)c(S(=O)(=O)[O-])c1.[Cr].[H+].[Na+].[Na+]. The molecule has 0 amide bonds. The maximum Gasteiger partial charge on any atom is 1.00 e. The van der Waals surface area contributed by atoms with Crippen molar-refractivity contribution in [1.82, 2.24) is 9.78 Å². The van der Waals surface area contributed by atoms with E-state index in [1.54, 1.807) is 42.5 Å². The Hall–Kier alpha value is -4.29. The van der Waals surface area contributed by atoms with E-state index in [-0.39, 0.29) is 101 Å². The van der Waals surface area contributed by atoms with Crippen molar-refractivity contribution in [2.45, 2.75) is 16.7 Å². The van der Waals surface area contributed by atoms with Gasteiger partial charge in [-0.25, -0.2) is 16.8 Å². The van der Waals surface area contributed by atoms with Gasteiger partial charge in [-0.2, -0.15) is 0 Å². The molecule has 0 unspecified atom stereocenters. The summed E-state index contributed by atoms with van der Waals surface area (Å²) < 4.78 is 68.0. The van der Waals surface area contributed by atoms with Gasteiger partial charge in [-0.1, -0.05) is 37.3 Å². The number of benzene rings is 4. The first kappa shape index (κ1) is 48.7. The van der Waals surface area contributed by atoms with Crippen LogP contribution in [0.25, 0.3) is 5.69 Å². The second-order valence-electron chi connectivity index (χ2n) is 10.0. The first-order valence-electron chi connectivity index (χ1n) is 13.8. The van der Waals surface area contributed by atoms with Gasteiger partial charge in [0.1, 0.15) is 52.8 Å². The maximum absolute atomic E-state index is 12.5. The number of phenolic OH excluding ortho intramolecular Hbond substituents is 3. The summed E-state index contributed by atoms with van der Waals surface area (Å²) in [6.07, 6.45) is 1.06. The van der Waals surface area contributed by atoms with Crippen molar-refractivity contribution in [2.24, 2.45) is 15.2 Å². The molecule has 5 aromatic rings. The largest absolute Gasteiger partial charge is 1.00 e. The number of para-hydroxylation sites is 2. The van der Waals surface area contributed by atoms with Crippen molar-refractivity contribution in [3.63, 3.8) is 0 Å². The van der Waals surface area contributed by atoms with Crippen molar-refractivity contribution in [3.05, 3.63) is 121 Å². The number of azo groups is 1. The molecule has 0 fully saturated rings. The van der Waals surface area contributed by atoms with Crippen molar-refractivity contribution in [2.75, 3.05) is 0 Å². The Kier molecular flexibility index (Phi) is 17.8. The molecule has 0 aliphatic heterocycles. The van der Waals surface area contributed by atoms with Crippen LogP contribution >= 0.6 is 0 Å². The number of hydrogen-bond acceptors (Lipinski definition) is 17. The third-order valence-corrected chi connectivity index (χ3v) is 8.26. The van der Waals surface area contributed by atoms with Gasteiger partial charge in [0.15, 0.2) is 11.5 Å². The molecule has 276 valence electrons. The minimum absolute atomic E-state index is 0. The van der Waals surface area contributed by atoms with E-state index in [4.69, 9.17) is 0 Å². The first-order valence-corrected chi connectivity index (χ1v) is 16.6. The molecule has 4 aromatic carbocycles. The molecular weight excluding hydrogens is 832 g/mol. The second kappa shape index (κ2) is 20.0. The van der Waals surface area contributed by atoms with Crippen LogP contribution in [0.3, 0.4) is 0 Å². The minimum Gasteiger partial charge on any atom is -0.744 e. The Labute approximate surface area is 366 Å². The monoisotopic (exact) mass is 853 g/mol.